The summed E-state index contributed by atoms with van der Waals surface area (Å²) in [6.45, 7) is 12.9. The molecule has 0 heterocycles. The summed E-state index contributed by atoms with van der Waals surface area (Å²) in [7, 11) is -4.39. The van der Waals surface area contributed by atoms with Gasteiger partial charge < -0.3 is 0 Å². The van der Waals surface area contributed by atoms with Crippen LogP contribution in [-0.2, 0) is 23.5 Å². The quantitative estimate of drug-likeness (QED) is 0.194. The average molecular weight is 624 g/mol. The van der Waals surface area contributed by atoms with E-state index < -0.39 is 45.9 Å². The average Bonchev–Trinajstić information content (AvgIpc) is 2.87. The predicted molar refractivity (Wildman–Crippen MR) is 138 cm³/mol. The Morgan fingerprint density at radius 3 is 1.58 bits per heavy atom. The highest BCUT2D eigenvalue weighted by molar-refractivity contribution is 7.86. The summed E-state index contributed by atoms with van der Waals surface area (Å²) < 4.78 is 34.3. The lowest BCUT2D eigenvalue weighted by Gasteiger charge is -2.23. The first-order valence-corrected chi connectivity index (χ1v) is 16.4. The van der Waals surface area contributed by atoms with Gasteiger partial charge in [0.2, 0.25) is 0 Å². The van der Waals surface area contributed by atoms with Gasteiger partial charge in [0.15, 0.2) is 12.0 Å². The second-order valence-electron chi connectivity index (χ2n) is 9.98. The number of hydrogen-bond acceptors (Lipinski definition) is 5. The van der Waals surface area contributed by atoms with Crippen LogP contribution in [0.1, 0.15) is 65.5 Å². The molecule has 0 saturated carbocycles. The summed E-state index contributed by atoms with van der Waals surface area (Å²) in [6, 6.07) is 21.2. The molecule has 36 heavy (non-hydrogen) atoms. The van der Waals surface area contributed by atoms with Gasteiger partial charge in [0.05, 0.1) is 4.92 Å². The fraction of sp³-hybridized carbons (Fsp3) is 0.357. The molecule has 0 atom stereocenters. The minimum absolute atomic E-state index is 0.0114. The molecule has 0 saturated heterocycles. The number of nitro benzene ring substituents is 1. The van der Waals surface area contributed by atoms with E-state index in [0.717, 1.165) is 31.1 Å². The molecular formula is C28H34INO5S+. The molecule has 0 bridgehead atoms. The fourth-order valence-electron chi connectivity index (χ4n) is 3.57. The lowest BCUT2D eigenvalue weighted by atomic mass is 9.82. The first-order valence-electron chi connectivity index (χ1n) is 11.9. The molecule has 0 N–H and O–H groups in total. The minimum Gasteiger partial charge on any atom is -0.258 e. The number of nitro groups is 1. The third kappa shape index (κ3) is 6.15. The topological polar surface area (TPSA) is 86.5 Å². The van der Waals surface area contributed by atoms with Crippen molar-refractivity contribution in [2.75, 3.05) is 0 Å². The van der Waals surface area contributed by atoms with Gasteiger partial charge >= 0.3 is 30.4 Å². The van der Waals surface area contributed by atoms with Crippen molar-refractivity contribution in [1.29, 1.82) is 0 Å². The highest BCUT2D eigenvalue weighted by Crippen LogP contribution is 2.27. The molecular weight excluding hydrogens is 589 g/mol. The summed E-state index contributed by atoms with van der Waals surface area (Å²) in [5.41, 5.74) is 1.80. The standard InChI is InChI=1S/C28H34INO5S/c1-7-27(3,4)21-13-17-23(18-14-21)29(24-19-15-22(16-20-24)28(5,6)8-2)35-36(33,34)26-12-10-9-11-25(26)30(31)32/h9-20H,7-8H2,1-6H3/q+1. The van der Waals surface area contributed by atoms with Crippen molar-refractivity contribution in [3.05, 3.63) is 101 Å². The fourth-order valence-corrected chi connectivity index (χ4v) is 10.6. The minimum atomic E-state index is -4.39. The Bertz CT molecular complexity index is 1260. The van der Waals surface area contributed by atoms with Crippen LogP contribution in [0.3, 0.4) is 0 Å². The molecule has 3 aromatic carbocycles. The van der Waals surface area contributed by atoms with E-state index in [-0.39, 0.29) is 10.8 Å². The number of hydrogen-bond donors (Lipinski definition) is 0. The Kier molecular flexibility index (Phi) is 8.63. The molecule has 0 amide bonds. The summed E-state index contributed by atoms with van der Waals surface area (Å²) in [4.78, 5) is 10.4. The second kappa shape index (κ2) is 11.0. The van der Waals surface area contributed by atoms with Gasteiger partial charge in [-0.25, -0.2) is 0 Å². The third-order valence-corrected chi connectivity index (χ3v) is 14.3. The van der Waals surface area contributed by atoms with Crippen LogP contribution < -0.4 is 20.2 Å². The van der Waals surface area contributed by atoms with E-state index in [4.69, 9.17) is 2.51 Å². The maximum Gasteiger partial charge on any atom is 0.342 e. The molecule has 8 heteroatoms. The molecule has 0 aliphatic heterocycles. The molecule has 1 radical (unpaired) electrons. The number of halogens is 1. The van der Waals surface area contributed by atoms with E-state index in [1.807, 2.05) is 48.5 Å². The van der Waals surface area contributed by atoms with Crippen LogP contribution in [0, 0.1) is 17.3 Å². The SMILES string of the molecule is CCC(C)(C)c1ccc([I+](OS(=O)(=O)c2ccccc2[N+](=O)[O-])c2ccc(C(C)(C)CC)cc2)cc1. The molecule has 193 valence electrons. The van der Waals surface area contributed by atoms with Crippen molar-refractivity contribution < 1.29 is 36.1 Å². The molecule has 3 aromatic rings. The van der Waals surface area contributed by atoms with Crippen molar-refractivity contribution in [2.45, 2.75) is 70.1 Å². The summed E-state index contributed by atoms with van der Waals surface area (Å²) in [6.07, 6.45) is 1.93. The maximum absolute atomic E-state index is 13.4. The normalized spacial score (nSPS) is 12.6. The molecule has 6 nitrogen and oxygen atoms in total. The van der Waals surface area contributed by atoms with E-state index in [2.05, 4.69) is 41.5 Å². The van der Waals surface area contributed by atoms with Crippen molar-refractivity contribution in [3.8, 4) is 0 Å². The molecule has 3 rings (SSSR count). The smallest absolute Gasteiger partial charge is 0.258 e. The Morgan fingerprint density at radius 1 is 0.778 bits per heavy atom. The van der Waals surface area contributed by atoms with Crippen molar-refractivity contribution >= 4 is 15.8 Å². The van der Waals surface area contributed by atoms with Crippen LogP contribution in [0.5, 0.6) is 0 Å². The van der Waals surface area contributed by atoms with Gasteiger partial charge in [-0.3, -0.25) is 10.1 Å². The Labute approximate surface area is 222 Å². The zero-order valence-electron chi connectivity index (χ0n) is 21.6. The predicted octanol–water partition coefficient (Wildman–Crippen LogP) is 3.95. The van der Waals surface area contributed by atoms with Crippen LogP contribution in [0.25, 0.3) is 0 Å². The third-order valence-electron chi connectivity index (χ3n) is 6.89. The number of nitrogens with zero attached hydrogens (tertiary/aromatic N) is 1. The van der Waals surface area contributed by atoms with E-state index >= 15 is 0 Å². The van der Waals surface area contributed by atoms with E-state index in [1.165, 1.54) is 24.3 Å². The van der Waals surface area contributed by atoms with Gasteiger partial charge in [0.1, 0.15) is 0 Å². The monoisotopic (exact) mass is 623 g/mol. The highest BCUT2D eigenvalue weighted by atomic mass is 127. The van der Waals surface area contributed by atoms with Gasteiger partial charge in [0, 0.05) is 6.07 Å². The number of para-hydroxylation sites is 1. The van der Waals surface area contributed by atoms with Crippen molar-refractivity contribution in [3.63, 3.8) is 0 Å². The lowest BCUT2D eigenvalue weighted by molar-refractivity contribution is -1.03. The molecule has 0 aliphatic rings. The Morgan fingerprint density at radius 2 is 1.19 bits per heavy atom. The lowest BCUT2D eigenvalue weighted by Crippen LogP contribution is -3.85. The number of rotatable bonds is 10. The number of benzene rings is 3. The second-order valence-corrected chi connectivity index (χ2v) is 16.4. The van der Waals surface area contributed by atoms with Crippen molar-refractivity contribution in [1.82, 2.24) is 0 Å². The highest BCUT2D eigenvalue weighted by Gasteiger charge is 2.40. The van der Waals surface area contributed by atoms with Crippen LogP contribution in [0.15, 0.2) is 77.7 Å². The summed E-state index contributed by atoms with van der Waals surface area (Å²) >= 11 is -3.01. The van der Waals surface area contributed by atoms with Gasteiger partial charge in [-0.05, 0) is 67.6 Å². The molecule has 0 aromatic heterocycles. The van der Waals surface area contributed by atoms with E-state index in [1.54, 1.807) is 0 Å². The first-order chi connectivity index (χ1) is 16.8. The first kappa shape index (κ1) is 28.3. The van der Waals surface area contributed by atoms with Crippen LogP contribution in [-0.4, -0.2) is 13.3 Å². The van der Waals surface area contributed by atoms with Gasteiger partial charge in [-0.2, -0.15) is 8.42 Å². The van der Waals surface area contributed by atoms with E-state index in [9.17, 15) is 18.5 Å². The van der Waals surface area contributed by atoms with Gasteiger partial charge in [0.25, 0.3) is 5.69 Å². The van der Waals surface area contributed by atoms with Gasteiger partial charge in [-0.15, -0.1) is 0 Å². The Balaban J connectivity index is 2.10. The molecule has 0 unspecified atom stereocenters. The van der Waals surface area contributed by atoms with Gasteiger partial charge in [-0.1, -0.05) is 77.9 Å². The van der Waals surface area contributed by atoms with Crippen molar-refractivity contribution in [2.24, 2.45) is 0 Å². The largest absolute Gasteiger partial charge is 0.342 e. The zero-order valence-corrected chi connectivity index (χ0v) is 24.6. The zero-order chi connectivity index (χ0) is 26.7. The maximum atomic E-state index is 13.4. The van der Waals surface area contributed by atoms with Crippen LogP contribution >= 0.6 is 0 Å². The van der Waals surface area contributed by atoms with Crippen LogP contribution in [0.2, 0.25) is 0 Å². The molecule has 0 fully saturated rings. The molecule has 0 spiro atoms. The van der Waals surface area contributed by atoms with E-state index in [0.29, 0.717) is 0 Å². The molecule has 0 aliphatic carbocycles. The Hall–Kier alpha value is -2.30. The summed E-state index contributed by atoms with van der Waals surface area (Å²) in [5, 5.41) is 11.5. The summed E-state index contributed by atoms with van der Waals surface area (Å²) in [5.74, 6) is 0. The van der Waals surface area contributed by atoms with Crippen LogP contribution in [0.4, 0.5) is 5.69 Å².